The van der Waals surface area contributed by atoms with Crippen LogP contribution in [0, 0.1) is 6.92 Å². The van der Waals surface area contributed by atoms with Crippen LogP contribution in [0.3, 0.4) is 0 Å². The highest BCUT2D eigenvalue weighted by molar-refractivity contribution is 5.79. The molecule has 0 aliphatic rings. The molecule has 0 bridgehead atoms. The van der Waals surface area contributed by atoms with E-state index in [0.717, 1.165) is 37.7 Å². The highest BCUT2D eigenvalue weighted by Crippen LogP contribution is 2.14. The average molecular weight is 342 g/mol. The van der Waals surface area contributed by atoms with E-state index in [2.05, 4.69) is 70.7 Å². The number of rotatable bonds is 8. The van der Waals surface area contributed by atoms with Crippen molar-refractivity contribution < 1.29 is 0 Å². The Balaban J connectivity index is 1.89. The predicted octanol–water partition coefficient (Wildman–Crippen LogP) is 2.31. The van der Waals surface area contributed by atoms with Gasteiger partial charge in [-0.1, -0.05) is 12.1 Å². The molecule has 0 saturated heterocycles. The number of aryl methyl sites for hydroxylation is 2. The van der Waals surface area contributed by atoms with Gasteiger partial charge in [0.15, 0.2) is 5.96 Å². The Labute approximate surface area is 151 Å². The summed E-state index contributed by atoms with van der Waals surface area (Å²) in [6.45, 7) is 10.6. The Kier molecular flexibility index (Phi) is 7.32. The molecule has 6 nitrogen and oxygen atoms in total. The van der Waals surface area contributed by atoms with Gasteiger partial charge in [-0.3, -0.25) is 4.68 Å². The van der Waals surface area contributed by atoms with E-state index in [1.165, 1.54) is 11.3 Å². The number of benzene rings is 1. The molecular weight excluding hydrogens is 312 g/mol. The fraction of sp³-hybridized carbons (Fsp3) is 0.474. The number of nitrogens with zero attached hydrogens (tertiary/aromatic N) is 4. The standard InChI is InChI=1S/C19H30N6/c1-5-20-19(22-13-17-14-23-24(4)15-17)21-10-11-25(6-2)18-9-7-8-16(3)12-18/h7-9,12,14-15H,5-6,10-11,13H2,1-4H3,(H2,20,21,22). The van der Waals surface area contributed by atoms with Crippen LogP contribution in [0.25, 0.3) is 0 Å². The average Bonchev–Trinajstić information content (AvgIpc) is 3.02. The summed E-state index contributed by atoms with van der Waals surface area (Å²) in [5.74, 6) is 0.839. The lowest BCUT2D eigenvalue weighted by molar-refractivity contribution is 0.751. The van der Waals surface area contributed by atoms with Crippen LogP contribution in [-0.2, 0) is 13.6 Å². The zero-order valence-electron chi connectivity index (χ0n) is 15.8. The summed E-state index contributed by atoms with van der Waals surface area (Å²) in [5.41, 5.74) is 3.66. The maximum atomic E-state index is 4.63. The van der Waals surface area contributed by atoms with Gasteiger partial charge in [0.2, 0.25) is 0 Å². The lowest BCUT2D eigenvalue weighted by Crippen LogP contribution is -2.41. The van der Waals surface area contributed by atoms with Gasteiger partial charge in [0.05, 0.1) is 12.7 Å². The summed E-state index contributed by atoms with van der Waals surface area (Å²) in [5, 5.41) is 10.9. The van der Waals surface area contributed by atoms with Crippen LogP contribution in [-0.4, -0.2) is 41.9 Å². The van der Waals surface area contributed by atoms with Gasteiger partial charge in [0.1, 0.15) is 0 Å². The van der Waals surface area contributed by atoms with Crippen LogP contribution >= 0.6 is 0 Å². The van der Waals surface area contributed by atoms with E-state index < -0.39 is 0 Å². The molecule has 25 heavy (non-hydrogen) atoms. The van der Waals surface area contributed by atoms with Crippen molar-refractivity contribution in [3.63, 3.8) is 0 Å². The quantitative estimate of drug-likeness (QED) is 0.571. The summed E-state index contributed by atoms with van der Waals surface area (Å²) in [6, 6.07) is 8.63. The van der Waals surface area contributed by atoms with Gasteiger partial charge < -0.3 is 15.5 Å². The van der Waals surface area contributed by atoms with Gasteiger partial charge in [0, 0.05) is 50.7 Å². The molecule has 1 aromatic carbocycles. The zero-order chi connectivity index (χ0) is 18.1. The Morgan fingerprint density at radius 1 is 1.28 bits per heavy atom. The SMILES string of the molecule is CCNC(=NCc1cnn(C)c1)NCCN(CC)c1cccc(C)c1. The van der Waals surface area contributed by atoms with Crippen molar-refractivity contribution in [3.05, 3.63) is 47.8 Å². The Bertz CT molecular complexity index is 676. The number of likely N-dealkylation sites (N-methyl/N-ethyl adjacent to an activating group) is 1. The molecule has 0 unspecified atom stereocenters. The second-order valence-electron chi connectivity index (χ2n) is 6.06. The number of anilines is 1. The van der Waals surface area contributed by atoms with E-state index in [0.29, 0.717) is 6.54 Å². The summed E-state index contributed by atoms with van der Waals surface area (Å²) in [7, 11) is 1.92. The molecule has 1 heterocycles. The summed E-state index contributed by atoms with van der Waals surface area (Å²) >= 11 is 0. The van der Waals surface area contributed by atoms with Crippen LogP contribution in [0.1, 0.15) is 25.0 Å². The minimum Gasteiger partial charge on any atom is -0.370 e. The normalized spacial score (nSPS) is 11.4. The van der Waals surface area contributed by atoms with Gasteiger partial charge in [0.25, 0.3) is 0 Å². The first-order valence-electron chi connectivity index (χ1n) is 8.93. The van der Waals surface area contributed by atoms with Gasteiger partial charge in [-0.05, 0) is 38.5 Å². The molecule has 0 fully saturated rings. The molecule has 0 radical (unpaired) electrons. The number of aliphatic imine (C=N–C) groups is 1. The number of nitrogens with one attached hydrogen (secondary N) is 2. The van der Waals surface area contributed by atoms with E-state index in [1.807, 2.05) is 19.4 Å². The Morgan fingerprint density at radius 2 is 2.12 bits per heavy atom. The third-order valence-electron chi connectivity index (χ3n) is 3.95. The molecule has 0 atom stereocenters. The Hall–Kier alpha value is -2.50. The van der Waals surface area contributed by atoms with Crippen LogP contribution in [0.5, 0.6) is 0 Å². The molecule has 0 aliphatic carbocycles. The number of hydrogen-bond donors (Lipinski definition) is 2. The molecule has 1 aromatic heterocycles. The predicted molar refractivity (Wildman–Crippen MR) is 105 cm³/mol. The third kappa shape index (κ3) is 6.14. The van der Waals surface area contributed by atoms with Crippen LogP contribution in [0.15, 0.2) is 41.7 Å². The molecule has 0 saturated carbocycles. The fourth-order valence-electron chi connectivity index (χ4n) is 2.67. The molecule has 0 spiro atoms. The minimum atomic E-state index is 0.624. The Morgan fingerprint density at radius 3 is 2.76 bits per heavy atom. The van der Waals surface area contributed by atoms with E-state index >= 15 is 0 Å². The molecule has 2 N–H and O–H groups in total. The maximum Gasteiger partial charge on any atom is 0.191 e. The second kappa shape index (κ2) is 9.71. The van der Waals surface area contributed by atoms with Crippen LogP contribution in [0.2, 0.25) is 0 Å². The van der Waals surface area contributed by atoms with Crippen molar-refractivity contribution >= 4 is 11.6 Å². The third-order valence-corrected chi connectivity index (χ3v) is 3.95. The number of guanidine groups is 1. The van der Waals surface area contributed by atoms with Crippen molar-refractivity contribution in [2.45, 2.75) is 27.3 Å². The summed E-state index contributed by atoms with van der Waals surface area (Å²) in [4.78, 5) is 6.99. The van der Waals surface area contributed by atoms with Crippen molar-refractivity contribution in [1.82, 2.24) is 20.4 Å². The monoisotopic (exact) mass is 342 g/mol. The highest BCUT2D eigenvalue weighted by Gasteiger charge is 2.05. The van der Waals surface area contributed by atoms with Crippen LogP contribution in [0.4, 0.5) is 5.69 Å². The van der Waals surface area contributed by atoms with Gasteiger partial charge in [-0.2, -0.15) is 5.10 Å². The van der Waals surface area contributed by atoms with Gasteiger partial charge in [-0.25, -0.2) is 4.99 Å². The largest absolute Gasteiger partial charge is 0.370 e. The van der Waals surface area contributed by atoms with E-state index in [-0.39, 0.29) is 0 Å². The van der Waals surface area contributed by atoms with E-state index in [4.69, 9.17) is 0 Å². The first-order valence-corrected chi connectivity index (χ1v) is 8.93. The molecule has 2 aromatic rings. The van der Waals surface area contributed by atoms with Gasteiger partial charge in [-0.15, -0.1) is 0 Å². The first kappa shape index (κ1) is 18.8. The summed E-state index contributed by atoms with van der Waals surface area (Å²) in [6.07, 6.45) is 3.84. The second-order valence-corrected chi connectivity index (χ2v) is 6.06. The summed E-state index contributed by atoms with van der Waals surface area (Å²) < 4.78 is 1.80. The topological polar surface area (TPSA) is 57.5 Å². The molecule has 0 aliphatic heterocycles. The molecule has 136 valence electrons. The lowest BCUT2D eigenvalue weighted by Gasteiger charge is -2.24. The first-order chi connectivity index (χ1) is 12.1. The maximum absolute atomic E-state index is 4.63. The molecule has 0 amide bonds. The molecular formula is C19H30N6. The lowest BCUT2D eigenvalue weighted by atomic mass is 10.2. The van der Waals surface area contributed by atoms with Crippen molar-refractivity contribution in [2.75, 3.05) is 31.1 Å². The van der Waals surface area contributed by atoms with Crippen molar-refractivity contribution in [2.24, 2.45) is 12.0 Å². The van der Waals surface area contributed by atoms with E-state index in [9.17, 15) is 0 Å². The smallest absolute Gasteiger partial charge is 0.191 e. The van der Waals surface area contributed by atoms with Crippen LogP contribution < -0.4 is 15.5 Å². The highest BCUT2D eigenvalue weighted by atomic mass is 15.2. The fourth-order valence-corrected chi connectivity index (χ4v) is 2.67. The number of hydrogen-bond acceptors (Lipinski definition) is 3. The molecule has 6 heteroatoms. The van der Waals surface area contributed by atoms with Crippen molar-refractivity contribution in [1.29, 1.82) is 0 Å². The minimum absolute atomic E-state index is 0.624. The van der Waals surface area contributed by atoms with Crippen molar-refractivity contribution in [3.8, 4) is 0 Å². The molecule has 2 rings (SSSR count). The van der Waals surface area contributed by atoms with Gasteiger partial charge >= 0.3 is 0 Å². The van der Waals surface area contributed by atoms with E-state index in [1.54, 1.807) is 4.68 Å². The number of aromatic nitrogens is 2. The zero-order valence-corrected chi connectivity index (χ0v) is 15.8.